The maximum Gasteiger partial charge on any atom is 0.404 e. The minimum atomic E-state index is -0.966. The molecule has 5 nitrogen and oxygen atoms in total. The van der Waals surface area contributed by atoms with Crippen LogP contribution in [0, 0.1) is 0 Å². The Morgan fingerprint density at radius 1 is 1.56 bits per heavy atom. The first-order valence-corrected chi connectivity index (χ1v) is 5.85. The quantitative estimate of drug-likeness (QED) is 0.757. The van der Waals surface area contributed by atoms with Gasteiger partial charge in [-0.15, -0.1) is 0 Å². The molecule has 0 saturated carbocycles. The summed E-state index contributed by atoms with van der Waals surface area (Å²) in [6, 6.07) is 3.85. The van der Waals surface area contributed by atoms with Crippen LogP contribution in [0.15, 0.2) is 30.6 Å². The van der Waals surface area contributed by atoms with Gasteiger partial charge in [-0.2, -0.15) is 0 Å². The lowest BCUT2D eigenvalue weighted by molar-refractivity contribution is 0.190. The largest absolute Gasteiger partial charge is 0.465 e. The van der Waals surface area contributed by atoms with Crippen molar-refractivity contribution in [3.05, 3.63) is 36.2 Å². The normalized spacial score (nSPS) is 18.9. The summed E-state index contributed by atoms with van der Waals surface area (Å²) in [6.45, 7) is 0. The summed E-state index contributed by atoms with van der Waals surface area (Å²) < 4.78 is 0. The molecule has 2 aromatic rings. The number of nitrogens with zero attached hydrogens (tertiary/aromatic N) is 1. The molecule has 0 fully saturated rings. The van der Waals surface area contributed by atoms with Gasteiger partial charge in [-0.3, -0.25) is 4.98 Å². The highest BCUT2D eigenvalue weighted by atomic mass is 16.4. The molecular formula is C13H13N3O2. The van der Waals surface area contributed by atoms with Crippen molar-refractivity contribution < 1.29 is 9.90 Å². The van der Waals surface area contributed by atoms with Gasteiger partial charge >= 0.3 is 6.09 Å². The Labute approximate surface area is 104 Å². The minimum absolute atomic E-state index is 0.0221. The third-order valence-corrected chi connectivity index (χ3v) is 3.22. The molecule has 2 aromatic heterocycles. The van der Waals surface area contributed by atoms with Crippen molar-refractivity contribution in [2.45, 2.75) is 18.9 Å². The molecule has 3 rings (SSSR count). The summed E-state index contributed by atoms with van der Waals surface area (Å²) in [4.78, 5) is 18.2. The maximum absolute atomic E-state index is 10.6. The first-order valence-electron chi connectivity index (χ1n) is 5.85. The molecule has 92 valence electrons. The number of aromatic amines is 1. The van der Waals surface area contributed by atoms with Crippen molar-refractivity contribution in [2.75, 3.05) is 0 Å². The number of carboxylic acid groups (broad SMARTS) is 1. The third-order valence-electron chi connectivity index (χ3n) is 3.22. The molecule has 0 radical (unpaired) electrons. The number of H-pyrrole nitrogens is 1. The molecular weight excluding hydrogens is 230 g/mol. The number of hydrogen-bond acceptors (Lipinski definition) is 2. The van der Waals surface area contributed by atoms with Crippen LogP contribution >= 0.6 is 0 Å². The van der Waals surface area contributed by atoms with Crippen LogP contribution in [0.1, 0.15) is 18.4 Å². The monoisotopic (exact) mass is 243 g/mol. The van der Waals surface area contributed by atoms with Gasteiger partial charge in [0, 0.05) is 24.0 Å². The first-order chi connectivity index (χ1) is 8.74. The zero-order valence-electron chi connectivity index (χ0n) is 9.68. The van der Waals surface area contributed by atoms with Crippen molar-refractivity contribution in [1.82, 2.24) is 15.3 Å². The highest BCUT2D eigenvalue weighted by Gasteiger charge is 2.21. The molecule has 1 amide bonds. The lowest BCUT2D eigenvalue weighted by Crippen LogP contribution is -2.31. The summed E-state index contributed by atoms with van der Waals surface area (Å²) in [5, 5.41) is 11.2. The number of fused-ring (bicyclic) bond motifs is 1. The van der Waals surface area contributed by atoms with Gasteiger partial charge in [0.2, 0.25) is 0 Å². The molecule has 2 heterocycles. The molecule has 1 unspecified atom stereocenters. The Kier molecular flexibility index (Phi) is 2.51. The molecule has 0 aromatic carbocycles. The predicted molar refractivity (Wildman–Crippen MR) is 68.3 cm³/mol. The van der Waals surface area contributed by atoms with Crippen molar-refractivity contribution in [2.24, 2.45) is 0 Å². The van der Waals surface area contributed by atoms with Crippen molar-refractivity contribution >= 4 is 22.7 Å². The fourth-order valence-corrected chi connectivity index (χ4v) is 2.42. The summed E-state index contributed by atoms with van der Waals surface area (Å²) in [5.74, 6) is 0. The molecule has 0 saturated heterocycles. The highest BCUT2D eigenvalue weighted by Crippen LogP contribution is 2.31. The second kappa shape index (κ2) is 4.18. The molecule has 3 N–H and O–H groups in total. The number of amides is 1. The predicted octanol–water partition coefficient (Wildman–Crippen LogP) is 2.38. The topological polar surface area (TPSA) is 78.0 Å². The van der Waals surface area contributed by atoms with E-state index in [0.29, 0.717) is 0 Å². The summed E-state index contributed by atoms with van der Waals surface area (Å²) in [5.41, 5.74) is 4.17. The average Bonchev–Trinajstić information content (AvgIpc) is 2.94. The van der Waals surface area contributed by atoms with E-state index in [-0.39, 0.29) is 6.04 Å². The number of aromatic nitrogens is 2. The van der Waals surface area contributed by atoms with Gasteiger partial charge in [0.1, 0.15) is 0 Å². The van der Waals surface area contributed by atoms with Crippen LogP contribution in [-0.4, -0.2) is 27.2 Å². The highest BCUT2D eigenvalue weighted by molar-refractivity contribution is 5.90. The van der Waals surface area contributed by atoms with Gasteiger partial charge < -0.3 is 15.4 Å². The number of rotatable bonds is 2. The van der Waals surface area contributed by atoms with E-state index < -0.39 is 6.09 Å². The van der Waals surface area contributed by atoms with Gasteiger partial charge in [0.15, 0.2) is 0 Å². The van der Waals surface area contributed by atoms with Gasteiger partial charge in [-0.05, 0) is 30.5 Å². The Balaban J connectivity index is 1.86. The molecule has 18 heavy (non-hydrogen) atoms. The first kappa shape index (κ1) is 10.8. The van der Waals surface area contributed by atoms with Crippen LogP contribution in [0.4, 0.5) is 4.79 Å². The standard InChI is InChI=1S/C13H13N3O2/c17-13(18)16-9-4-3-8(6-9)10-7-15-11-2-1-5-14-12(10)11/h1-3,5,7,9,15-16H,4,6H2,(H,17,18). The summed E-state index contributed by atoms with van der Waals surface area (Å²) in [6.07, 6.45) is 6.27. The van der Waals surface area contributed by atoms with Crippen LogP contribution in [0.3, 0.4) is 0 Å². The summed E-state index contributed by atoms with van der Waals surface area (Å²) in [7, 11) is 0. The summed E-state index contributed by atoms with van der Waals surface area (Å²) >= 11 is 0. The fourth-order valence-electron chi connectivity index (χ4n) is 2.42. The molecule has 1 aliphatic carbocycles. The second-order valence-electron chi connectivity index (χ2n) is 4.42. The van der Waals surface area contributed by atoms with Crippen LogP contribution < -0.4 is 5.32 Å². The van der Waals surface area contributed by atoms with E-state index in [2.05, 4.69) is 21.4 Å². The number of hydrogen-bond donors (Lipinski definition) is 3. The second-order valence-corrected chi connectivity index (χ2v) is 4.42. The average molecular weight is 243 g/mol. The van der Waals surface area contributed by atoms with Gasteiger partial charge in [-0.25, -0.2) is 4.79 Å². The van der Waals surface area contributed by atoms with E-state index in [1.54, 1.807) is 6.20 Å². The number of carbonyl (C=O) groups is 1. The van der Waals surface area contributed by atoms with Crippen LogP contribution in [-0.2, 0) is 0 Å². The van der Waals surface area contributed by atoms with Crippen molar-refractivity contribution in [3.63, 3.8) is 0 Å². The Hall–Kier alpha value is -2.30. The maximum atomic E-state index is 10.6. The fraction of sp³-hybridized carbons (Fsp3) is 0.231. The molecule has 1 atom stereocenters. The lowest BCUT2D eigenvalue weighted by atomic mass is 10.1. The van der Waals surface area contributed by atoms with Crippen LogP contribution in [0.5, 0.6) is 0 Å². The zero-order valence-corrected chi connectivity index (χ0v) is 9.68. The Morgan fingerprint density at radius 2 is 2.44 bits per heavy atom. The minimum Gasteiger partial charge on any atom is -0.465 e. The smallest absolute Gasteiger partial charge is 0.404 e. The molecule has 0 bridgehead atoms. The Bertz CT molecular complexity index is 630. The SMILES string of the molecule is O=C(O)NC1CC=C(c2c[nH]c3cccnc23)C1. The van der Waals surface area contributed by atoms with E-state index in [4.69, 9.17) is 5.11 Å². The van der Waals surface area contributed by atoms with Crippen LogP contribution in [0.2, 0.25) is 0 Å². The van der Waals surface area contributed by atoms with E-state index in [0.717, 1.165) is 35.0 Å². The number of pyridine rings is 1. The van der Waals surface area contributed by atoms with Crippen LogP contribution in [0.25, 0.3) is 16.6 Å². The van der Waals surface area contributed by atoms with E-state index in [9.17, 15) is 4.79 Å². The lowest BCUT2D eigenvalue weighted by Gasteiger charge is -2.09. The van der Waals surface area contributed by atoms with E-state index in [1.807, 2.05) is 18.3 Å². The zero-order chi connectivity index (χ0) is 12.5. The molecule has 1 aliphatic rings. The van der Waals surface area contributed by atoms with Gasteiger partial charge in [-0.1, -0.05) is 6.08 Å². The Morgan fingerprint density at radius 3 is 3.28 bits per heavy atom. The molecule has 5 heteroatoms. The van der Waals surface area contributed by atoms with Crippen molar-refractivity contribution in [3.8, 4) is 0 Å². The van der Waals surface area contributed by atoms with Gasteiger partial charge in [0.05, 0.1) is 11.0 Å². The van der Waals surface area contributed by atoms with Gasteiger partial charge in [0.25, 0.3) is 0 Å². The molecule has 0 aliphatic heterocycles. The van der Waals surface area contributed by atoms with Crippen molar-refractivity contribution in [1.29, 1.82) is 0 Å². The van der Waals surface area contributed by atoms with E-state index in [1.165, 1.54) is 0 Å². The van der Waals surface area contributed by atoms with E-state index >= 15 is 0 Å². The number of nitrogens with one attached hydrogen (secondary N) is 2. The third kappa shape index (κ3) is 1.84. The molecule has 0 spiro atoms.